The van der Waals surface area contributed by atoms with Crippen LogP contribution in [0.4, 0.5) is 5.82 Å². The molecule has 2 N–H and O–H groups in total. The van der Waals surface area contributed by atoms with E-state index in [1.165, 1.54) is 6.07 Å². The molecule has 6 nitrogen and oxygen atoms in total. The predicted octanol–water partition coefficient (Wildman–Crippen LogP) is 4.42. The molecular weight excluding hydrogens is 364 g/mol. The van der Waals surface area contributed by atoms with E-state index in [4.69, 9.17) is 16.3 Å². The number of anilines is 1. The van der Waals surface area contributed by atoms with Gasteiger partial charge in [0.1, 0.15) is 11.4 Å². The van der Waals surface area contributed by atoms with Gasteiger partial charge in [-0.1, -0.05) is 11.6 Å². The first-order chi connectivity index (χ1) is 12.9. The number of aromatic nitrogens is 3. The van der Waals surface area contributed by atoms with Gasteiger partial charge in [-0.15, -0.1) is 10.2 Å². The van der Waals surface area contributed by atoms with Crippen molar-refractivity contribution >= 4 is 28.2 Å². The van der Waals surface area contributed by atoms with Gasteiger partial charge >= 0.3 is 0 Å². The van der Waals surface area contributed by atoms with Crippen molar-refractivity contribution in [1.82, 2.24) is 15.2 Å². The standard InChI is InChI=1S/C20H21ClN4O2/c1-20(2)10-13(6-8-27-20)23-19-16-11-22-7-5-14(16)18(24-25-19)15-4-3-12(21)9-17(15)26/h3-5,7,9,11,13,26H,6,8,10H2,1-2H3,(H,23,25). The summed E-state index contributed by atoms with van der Waals surface area (Å²) in [6, 6.07) is 7.10. The molecule has 140 valence electrons. The number of benzene rings is 1. The van der Waals surface area contributed by atoms with Crippen molar-refractivity contribution in [3.63, 3.8) is 0 Å². The average Bonchev–Trinajstić information content (AvgIpc) is 2.62. The highest BCUT2D eigenvalue weighted by Crippen LogP contribution is 2.36. The number of rotatable bonds is 3. The summed E-state index contributed by atoms with van der Waals surface area (Å²) in [5.41, 5.74) is 1.02. The van der Waals surface area contributed by atoms with E-state index in [2.05, 4.69) is 34.3 Å². The Balaban J connectivity index is 1.74. The second kappa shape index (κ2) is 6.94. The highest BCUT2D eigenvalue weighted by Gasteiger charge is 2.29. The number of nitrogens with one attached hydrogen (secondary N) is 1. The fourth-order valence-corrected chi connectivity index (χ4v) is 3.72. The van der Waals surface area contributed by atoms with Crippen LogP contribution in [0.25, 0.3) is 22.0 Å². The van der Waals surface area contributed by atoms with Gasteiger partial charge in [0.25, 0.3) is 0 Å². The summed E-state index contributed by atoms with van der Waals surface area (Å²) < 4.78 is 5.79. The van der Waals surface area contributed by atoms with E-state index >= 15 is 0 Å². The van der Waals surface area contributed by atoms with Crippen molar-refractivity contribution in [3.05, 3.63) is 41.7 Å². The van der Waals surface area contributed by atoms with Gasteiger partial charge in [-0.3, -0.25) is 4.98 Å². The molecule has 0 spiro atoms. The van der Waals surface area contributed by atoms with E-state index in [1.807, 2.05) is 6.07 Å². The third-order valence-electron chi connectivity index (χ3n) is 4.83. The van der Waals surface area contributed by atoms with Crippen molar-refractivity contribution < 1.29 is 9.84 Å². The Morgan fingerprint density at radius 1 is 1.22 bits per heavy atom. The minimum Gasteiger partial charge on any atom is -0.507 e. The number of phenols is 1. The molecule has 7 heteroatoms. The third-order valence-corrected chi connectivity index (χ3v) is 5.07. The first-order valence-electron chi connectivity index (χ1n) is 8.93. The molecule has 3 aromatic rings. The maximum atomic E-state index is 10.3. The minimum absolute atomic E-state index is 0.0711. The van der Waals surface area contributed by atoms with Crippen LogP contribution in [0.15, 0.2) is 36.7 Å². The van der Waals surface area contributed by atoms with E-state index in [1.54, 1.807) is 24.5 Å². The topological polar surface area (TPSA) is 80.2 Å². The van der Waals surface area contributed by atoms with Crippen molar-refractivity contribution in [1.29, 1.82) is 0 Å². The van der Waals surface area contributed by atoms with Crippen LogP contribution >= 0.6 is 11.6 Å². The lowest BCUT2D eigenvalue weighted by Crippen LogP contribution is -2.40. The van der Waals surface area contributed by atoms with Crippen molar-refractivity contribution in [2.45, 2.75) is 38.3 Å². The fourth-order valence-electron chi connectivity index (χ4n) is 3.56. The second-order valence-corrected chi connectivity index (χ2v) is 7.86. The maximum absolute atomic E-state index is 10.3. The summed E-state index contributed by atoms with van der Waals surface area (Å²) in [6.45, 7) is 4.90. The molecule has 1 aliphatic rings. The van der Waals surface area contributed by atoms with Gasteiger partial charge in [0, 0.05) is 46.4 Å². The molecule has 1 unspecified atom stereocenters. The van der Waals surface area contributed by atoms with Gasteiger partial charge in [0.15, 0.2) is 5.82 Å². The lowest BCUT2D eigenvalue weighted by atomic mass is 9.94. The predicted molar refractivity (Wildman–Crippen MR) is 106 cm³/mol. The second-order valence-electron chi connectivity index (χ2n) is 7.42. The number of hydrogen-bond donors (Lipinski definition) is 2. The number of aromatic hydroxyl groups is 1. The lowest BCUT2D eigenvalue weighted by molar-refractivity contribution is -0.0553. The van der Waals surface area contributed by atoms with E-state index in [0.29, 0.717) is 28.7 Å². The smallest absolute Gasteiger partial charge is 0.158 e. The monoisotopic (exact) mass is 384 g/mol. The van der Waals surface area contributed by atoms with Gasteiger partial charge in [0.2, 0.25) is 0 Å². The Labute approximate surface area is 162 Å². The maximum Gasteiger partial charge on any atom is 0.158 e. The zero-order valence-corrected chi connectivity index (χ0v) is 16.0. The number of pyridine rings is 1. The van der Waals surface area contributed by atoms with Crippen LogP contribution in [-0.2, 0) is 4.74 Å². The first kappa shape index (κ1) is 17.9. The highest BCUT2D eigenvalue weighted by atomic mass is 35.5. The molecule has 1 fully saturated rings. The first-order valence-corrected chi connectivity index (χ1v) is 9.30. The molecule has 27 heavy (non-hydrogen) atoms. The lowest BCUT2D eigenvalue weighted by Gasteiger charge is -2.36. The highest BCUT2D eigenvalue weighted by molar-refractivity contribution is 6.30. The molecule has 3 heterocycles. The zero-order valence-electron chi connectivity index (χ0n) is 15.2. The number of ether oxygens (including phenoxy) is 1. The summed E-state index contributed by atoms with van der Waals surface area (Å²) in [7, 11) is 0. The molecule has 1 saturated heterocycles. The van der Waals surface area contributed by atoms with Crippen LogP contribution < -0.4 is 5.32 Å². The van der Waals surface area contributed by atoms with Gasteiger partial charge in [-0.25, -0.2) is 0 Å². The molecule has 0 aliphatic carbocycles. The fraction of sp³-hybridized carbons (Fsp3) is 0.350. The normalized spacial score (nSPS) is 19.1. The Bertz CT molecular complexity index is 993. The Kier molecular flexibility index (Phi) is 4.61. The van der Waals surface area contributed by atoms with Gasteiger partial charge in [0.05, 0.1) is 5.60 Å². The quantitative estimate of drug-likeness (QED) is 0.695. The molecule has 0 bridgehead atoms. The molecule has 1 aromatic carbocycles. The average molecular weight is 385 g/mol. The van der Waals surface area contributed by atoms with Crippen LogP contribution in [0.5, 0.6) is 5.75 Å². The van der Waals surface area contributed by atoms with Gasteiger partial charge < -0.3 is 15.2 Å². The molecule has 0 saturated carbocycles. The van der Waals surface area contributed by atoms with Crippen molar-refractivity contribution in [3.8, 4) is 17.0 Å². The summed E-state index contributed by atoms with van der Waals surface area (Å²) in [6.07, 6.45) is 5.28. The summed E-state index contributed by atoms with van der Waals surface area (Å²) in [4.78, 5) is 4.25. The summed E-state index contributed by atoms with van der Waals surface area (Å²) in [5.74, 6) is 0.764. The van der Waals surface area contributed by atoms with Gasteiger partial charge in [-0.2, -0.15) is 0 Å². The van der Waals surface area contributed by atoms with Crippen LogP contribution in [0.1, 0.15) is 26.7 Å². The molecule has 1 atom stereocenters. The Morgan fingerprint density at radius 2 is 2.07 bits per heavy atom. The Hall–Kier alpha value is -2.44. The number of hydrogen-bond acceptors (Lipinski definition) is 6. The largest absolute Gasteiger partial charge is 0.507 e. The summed E-state index contributed by atoms with van der Waals surface area (Å²) in [5, 5.41) is 24.8. The molecular formula is C20H21ClN4O2. The molecule has 1 aliphatic heterocycles. The van der Waals surface area contributed by atoms with Crippen LogP contribution in [0.2, 0.25) is 5.02 Å². The molecule has 0 radical (unpaired) electrons. The van der Waals surface area contributed by atoms with E-state index < -0.39 is 0 Å². The summed E-state index contributed by atoms with van der Waals surface area (Å²) >= 11 is 5.95. The number of fused-ring (bicyclic) bond motifs is 1. The van der Waals surface area contributed by atoms with E-state index in [0.717, 1.165) is 23.6 Å². The van der Waals surface area contributed by atoms with E-state index in [-0.39, 0.29) is 17.4 Å². The minimum atomic E-state index is -0.160. The van der Waals surface area contributed by atoms with Crippen molar-refractivity contribution in [2.24, 2.45) is 0 Å². The zero-order chi connectivity index (χ0) is 19.0. The van der Waals surface area contributed by atoms with Gasteiger partial charge in [-0.05, 0) is 51.0 Å². The number of phenolic OH excluding ortho intramolecular Hbond substituents is 1. The molecule has 2 aromatic heterocycles. The van der Waals surface area contributed by atoms with Crippen molar-refractivity contribution in [2.75, 3.05) is 11.9 Å². The van der Waals surface area contributed by atoms with Crippen LogP contribution in [0.3, 0.4) is 0 Å². The van der Waals surface area contributed by atoms with Crippen LogP contribution in [0, 0.1) is 0 Å². The SMILES string of the molecule is CC1(C)CC(Nc2nnc(-c3ccc(Cl)cc3O)c3ccncc23)CCO1. The van der Waals surface area contributed by atoms with Crippen LogP contribution in [-0.4, -0.2) is 38.5 Å². The molecule has 4 rings (SSSR count). The van der Waals surface area contributed by atoms with E-state index in [9.17, 15) is 5.11 Å². The Morgan fingerprint density at radius 3 is 2.85 bits per heavy atom. The third kappa shape index (κ3) is 3.68. The molecule has 0 amide bonds. The number of halogens is 1. The number of nitrogens with zero attached hydrogens (tertiary/aromatic N) is 3.